The summed E-state index contributed by atoms with van der Waals surface area (Å²) in [5.41, 5.74) is 0.925. The SMILES string of the molecule is COc1cccc(C(CC(=O)O)(c2ccc3ccccc3c2)C(C)(C)C)c1. The number of methoxy groups -OCH3 is 1. The predicted molar refractivity (Wildman–Crippen MR) is 109 cm³/mol. The molecule has 3 aromatic carbocycles. The second-order valence-electron chi connectivity index (χ2n) is 8.02. The molecule has 1 N–H and O–H groups in total. The number of hydrogen-bond acceptors (Lipinski definition) is 2. The summed E-state index contributed by atoms with van der Waals surface area (Å²) in [5, 5.41) is 12.1. The molecule has 0 heterocycles. The van der Waals surface area contributed by atoms with E-state index >= 15 is 0 Å². The van der Waals surface area contributed by atoms with Gasteiger partial charge in [0.25, 0.3) is 0 Å². The average molecular weight is 362 g/mol. The Kier molecular flexibility index (Phi) is 4.97. The first-order valence-corrected chi connectivity index (χ1v) is 9.13. The third-order valence-corrected chi connectivity index (χ3v) is 5.50. The number of benzene rings is 3. The minimum Gasteiger partial charge on any atom is -0.497 e. The average Bonchev–Trinajstić information content (AvgIpc) is 2.64. The van der Waals surface area contributed by atoms with Crippen molar-refractivity contribution in [3.8, 4) is 5.75 Å². The molecular weight excluding hydrogens is 336 g/mol. The molecule has 0 amide bonds. The lowest BCUT2D eigenvalue weighted by Crippen LogP contribution is -2.43. The molecule has 1 atom stereocenters. The van der Waals surface area contributed by atoms with Crippen LogP contribution in [0.15, 0.2) is 66.7 Å². The van der Waals surface area contributed by atoms with Crippen molar-refractivity contribution in [2.45, 2.75) is 32.6 Å². The van der Waals surface area contributed by atoms with Gasteiger partial charge in [0, 0.05) is 5.41 Å². The summed E-state index contributed by atoms with van der Waals surface area (Å²) in [6, 6.07) is 22.2. The molecule has 3 nitrogen and oxygen atoms in total. The predicted octanol–water partition coefficient (Wildman–Crippen LogP) is 5.66. The number of fused-ring (bicyclic) bond motifs is 1. The summed E-state index contributed by atoms with van der Waals surface area (Å²) in [7, 11) is 1.63. The van der Waals surface area contributed by atoms with E-state index in [1.165, 1.54) is 0 Å². The molecule has 140 valence electrons. The maximum absolute atomic E-state index is 12.0. The molecule has 0 fully saturated rings. The van der Waals surface area contributed by atoms with E-state index in [4.69, 9.17) is 4.74 Å². The standard InChI is InChI=1S/C24H26O3/c1-23(2,3)24(16-22(25)26,19-10-7-11-21(15-19)27-4)20-13-12-17-8-5-6-9-18(17)14-20/h5-15H,16H2,1-4H3,(H,25,26). The fraction of sp³-hybridized carbons (Fsp3) is 0.292. The highest BCUT2D eigenvalue weighted by Crippen LogP contribution is 2.50. The van der Waals surface area contributed by atoms with Crippen molar-refractivity contribution in [3.63, 3.8) is 0 Å². The monoisotopic (exact) mass is 362 g/mol. The van der Waals surface area contributed by atoms with Gasteiger partial charge in [-0.15, -0.1) is 0 Å². The molecule has 3 rings (SSSR count). The van der Waals surface area contributed by atoms with E-state index in [-0.39, 0.29) is 11.8 Å². The first-order chi connectivity index (χ1) is 12.8. The van der Waals surface area contributed by atoms with Crippen LogP contribution in [0.2, 0.25) is 0 Å². The van der Waals surface area contributed by atoms with Crippen LogP contribution in [0, 0.1) is 5.41 Å². The molecule has 0 spiro atoms. The molecule has 3 aromatic rings. The minimum absolute atomic E-state index is 0.00199. The Hall–Kier alpha value is -2.81. The summed E-state index contributed by atoms with van der Waals surface area (Å²) in [6.45, 7) is 6.31. The van der Waals surface area contributed by atoms with Crippen LogP contribution in [0.4, 0.5) is 0 Å². The Morgan fingerprint density at radius 3 is 2.19 bits per heavy atom. The third kappa shape index (κ3) is 3.42. The van der Waals surface area contributed by atoms with Gasteiger partial charge >= 0.3 is 5.97 Å². The molecule has 0 aliphatic heterocycles. The molecule has 1 unspecified atom stereocenters. The molecule has 0 radical (unpaired) electrons. The van der Waals surface area contributed by atoms with Gasteiger partial charge in [0.05, 0.1) is 13.5 Å². The van der Waals surface area contributed by atoms with E-state index in [0.29, 0.717) is 0 Å². The highest BCUT2D eigenvalue weighted by Gasteiger charge is 2.46. The zero-order chi connectivity index (χ0) is 19.7. The number of carbonyl (C=O) groups is 1. The smallest absolute Gasteiger partial charge is 0.304 e. The highest BCUT2D eigenvalue weighted by atomic mass is 16.5. The number of carboxylic acids is 1. The van der Waals surface area contributed by atoms with Gasteiger partial charge < -0.3 is 9.84 Å². The molecular formula is C24H26O3. The maximum atomic E-state index is 12.0. The van der Waals surface area contributed by atoms with E-state index in [2.05, 4.69) is 51.1 Å². The van der Waals surface area contributed by atoms with Crippen molar-refractivity contribution in [2.24, 2.45) is 5.41 Å². The lowest BCUT2D eigenvalue weighted by atomic mass is 9.57. The van der Waals surface area contributed by atoms with Crippen LogP contribution in [-0.4, -0.2) is 18.2 Å². The zero-order valence-corrected chi connectivity index (χ0v) is 16.3. The fourth-order valence-electron chi connectivity index (χ4n) is 4.07. The summed E-state index contributed by atoms with van der Waals surface area (Å²) >= 11 is 0. The number of aliphatic carboxylic acids is 1. The highest BCUT2D eigenvalue weighted by molar-refractivity contribution is 5.84. The maximum Gasteiger partial charge on any atom is 0.304 e. The quantitative estimate of drug-likeness (QED) is 0.637. The van der Waals surface area contributed by atoms with Crippen molar-refractivity contribution < 1.29 is 14.6 Å². The second kappa shape index (κ2) is 7.07. The molecule has 3 heteroatoms. The van der Waals surface area contributed by atoms with Crippen LogP contribution in [-0.2, 0) is 10.2 Å². The lowest BCUT2D eigenvalue weighted by molar-refractivity contribution is -0.139. The first kappa shape index (κ1) is 19.0. The third-order valence-electron chi connectivity index (χ3n) is 5.50. The summed E-state index contributed by atoms with van der Waals surface area (Å²) in [6.07, 6.45) is 0.00199. The number of carboxylic acid groups (broad SMARTS) is 1. The number of ether oxygens (including phenoxy) is 1. The van der Waals surface area contributed by atoms with Gasteiger partial charge in [-0.05, 0) is 39.4 Å². The zero-order valence-electron chi connectivity index (χ0n) is 16.3. The lowest BCUT2D eigenvalue weighted by Gasteiger charge is -2.45. The van der Waals surface area contributed by atoms with Gasteiger partial charge in [-0.1, -0.05) is 75.4 Å². The summed E-state index contributed by atoms with van der Waals surface area (Å²) < 4.78 is 5.43. The molecule has 0 aliphatic carbocycles. The van der Waals surface area contributed by atoms with Crippen molar-refractivity contribution in [2.75, 3.05) is 7.11 Å². The van der Waals surface area contributed by atoms with E-state index in [9.17, 15) is 9.90 Å². The van der Waals surface area contributed by atoms with Crippen molar-refractivity contribution in [3.05, 3.63) is 77.9 Å². The van der Waals surface area contributed by atoms with Crippen LogP contribution >= 0.6 is 0 Å². The van der Waals surface area contributed by atoms with E-state index in [1.807, 2.05) is 36.4 Å². The van der Waals surface area contributed by atoms with Crippen molar-refractivity contribution in [1.82, 2.24) is 0 Å². The van der Waals surface area contributed by atoms with Gasteiger partial charge in [0.15, 0.2) is 0 Å². The Bertz CT molecular complexity index is 969. The van der Waals surface area contributed by atoms with Gasteiger partial charge in [-0.3, -0.25) is 4.79 Å². The van der Waals surface area contributed by atoms with Gasteiger partial charge in [-0.25, -0.2) is 0 Å². The number of hydrogen-bond donors (Lipinski definition) is 1. The molecule has 0 aromatic heterocycles. The molecule has 27 heavy (non-hydrogen) atoms. The first-order valence-electron chi connectivity index (χ1n) is 9.13. The largest absolute Gasteiger partial charge is 0.497 e. The van der Waals surface area contributed by atoms with Gasteiger partial charge in [0.2, 0.25) is 0 Å². The van der Waals surface area contributed by atoms with E-state index < -0.39 is 11.4 Å². The van der Waals surface area contributed by atoms with Crippen LogP contribution < -0.4 is 4.74 Å². The molecule has 0 bridgehead atoms. The van der Waals surface area contributed by atoms with Gasteiger partial charge in [-0.2, -0.15) is 0 Å². The molecule has 0 saturated heterocycles. The van der Waals surface area contributed by atoms with Gasteiger partial charge in [0.1, 0.15) is 5.75 Å². The number of rotatable bonds is 5. The van der Waals surface area contributed by atoms with Crippen LogP contribution in [0.5, 0.6) is 5.75 Å². The molecule has 0 aliphatic rings. The Morgan fingerprint density at radius 1 is 0.889 bits per heavy atom. The topological polar surface area (TPSA) is 46.5 Å². The van der Waals surface area contributed by atoms with Crippen LogP contribution in [0.25, 0.3) is 10.8 Å². The Balaban J connectivity index is 2.34. The van der Waals surface area contributed by atoms with Crippen LogP contribution in [0.3, 0.4) is 0 Å². The van der Waals surface area contributed by atoms with E-state index in [0.717, 1.165) is 27.6 Å². The normalized spacial score (nSPS) is 13.9. The van der Waals surface area contributed by atoms with Crippen molar-refractivity contribution >= 4 is 16.7 Å². The Morgan fingerprint density at radius 2 is 1.56 bits per heavy atom. The Labute approximate surface area is 160 Å². The van der Waals surface area contributed by atoms with Crippen molar-refractivity contribution in [1.29, 1.82) is 0 Å². The summed E-state index contributed by atoms with van der Waals surface area (Å²) in [4.78, 5) is 12.0. The minimum atomic E-state index is -0.819. The van der Waals surface area contributed by atoms with E-state index in [1.54, 1.807) is 7.11 Å². The molecule has 0 saturated carbocycles. The second-order valence-corrected chi connectivity index (χ2v) is 8.02. The summed E-state index contributed by atoms with van der Waals surface area (Å²) in [5.74, 6) is -0.0896. The van der Waals surface area contributed by atoms with Crippen LogP contribution in [0.1, 0.15) is 38.3 Å². The fourth-order valence-corrected chi connectivity index (χ4v) is 4.07.